The number of aromatic nitrogens is 2. The maximum Gasteiger partial charge on any atom is 0.281 e. The van der Waals surface area contributed by atoms with E-state index < -0.39 is 0 Å². The van der Waals surface area contributed by atoms with Gasteiger partial charge >= 0.3 is 0 Å². The Kier molecular flexibility index (Phi) is 4.64. The number of fused-ring (bicyclic) bond motifs is 1. The highest BCUT2D eigenvalue weighted by atomic mass is 35.5. The molecule has 2 fully saturated rings. The van der Waals surface area contributed by atoms with E-state index in [1.54, 1.807) is 10.7 Å². The first kappa shape index (κ1) is 16.8. The fourth-order valence-electron chi connectivity index (χ4n) is 3.52. The summed E-state index contributed by atoms with van der Waals surface area (Å²) in [4.78, 5) is 20.2. The maximum atomic E-state index is 13.1. The Hall–Kier alpha value is -1.67. The first-order chi connectivity index (χ1) is 12.2. The lowest BCUT2D eigenvalue weighted by atomic mass is 10.2. The Bertz CT molecular complexity index is 828. The number of hydrogen-bond donors (Lipinski definition) is 1. The summed E-state index contributed by atoms with van der Waals surface area (Å²) in [6, 6.07) is 5.88. The number of benzene rings is 1. The van der Waals surface area contributed by atoms with Gasteiger partial charge in [-0.05, 0) is 18.7 Å². The molecule has 134 valence electrons. The molecule has 0 saturated carbocycles. The molecule has 0 radical (unpaired) electrons. The van der Waals surface area contributed by atoms with Gasteiger partial charge in [-0.3, -0.25) is 9.69 Å². The van der Waals surface area contributed by atoms with Gasteiger partial charge in [0.2, 0.25) is 0 Å². The first-order valence-corrected chi connectivity index (χ1v) is 9.04. The smallest absolute Gasteiger partial charge is 0.281 e. The van der Waals surface area contributed by atoms with E-state index in [0.717, 1.165) is 39.4 Å². The van der Waals surface area contributed by atoms with E-state index >= 15 is 0 Å². The van der Waals surface area contributed by atoms with Crippen molar-refractivity contribution in [3.05, 3.63) is 39.4 Å². The lowest BCUT2D eigenvalue weighted by molar-refractivity contribution is -0.0672. The topological polar surface area (TPSA) is 76.6 Å². The van der Waals surface area contributed by atoms with Crippen LogP contribution in [-0.2, 0) is 11.2 Å². The molecule has 0 spiro atoms. The zero-order chi connectivity index (χ0) is 17.4. The first-order valence-electron chi connectivity index (χ1n) is 8.66. The molecule has 8 heteroatoms. The number of hydrogen-bond acceptors (Lipinski definition) is 6. The number of nitrogens with zero attached hydrogens (tertiary/aromatic N) is 4. The Labute approximate surface area is 150 Å². The van der Waals surface area contributed by atoms with Crippen LogP contribution >= 0.6 is 11.6 Å². The largest absolute Gasteiger partial charge is 0.378 e. The number of piperazine rings is 1. The summed E-state index contributed by atoms with van der Waals surface area (Å²) in [6.45, 7) is 5.42. The van der Waals surface area contributed by atoms with Crippen LogP contribution in [0.25, 0.3) is 10.9 Å². The van der Waals surface area contributed by atoms with E-state index in [1.807, 2.05) is 12.1 Å². The average Bonchev–Trinajstić information content (AvgIpc) is 2.55. The van der Waals surface area contributed by atoms with Crippen LogP contribution in [0.15, 0.2) is 23.0 Å². The molecule has 2 aliphatic rings. The molecule has 0 aliphatic carbocycles. The van der Waals surface area contributed by atoms with Crippen molar-refractivity contribution in [1.82, 2.24) is 14.6 Å². The van der Waals surface area contributed by atoms with Gasteiger partial charge in [-0.25, -0.2) is 9.66 Å². The number of ether oxygens (including phenoxy) is 1. The van der Waals surface area contributed by atoms with E-state index in [1.165, 1.54) is 0 Å². The number of rotatable bonds is 4. The van der Waals surface area contributed by atoms with Gasteiger partial charge in [-0.15, -0.1) is 0 Å². The molecule has 2 N–H and O–H groups in total. The van der Waals surface area contributed by atoms with Gasteiger partial charge in [-0.2, -0.15) is 0 Å². The van der Waals surface area contributed by atoms with Crippen LogP contribution in [0.5, 0.6) is 0 Å². The van der Waals surface area contributed by atoms with Crippen LogP contribution < -0.4 is 16.3 Å². The van der Waals surface area contributed by atoms with Gasteiger partial charge in [0.25, 0.3) is 5.56 Å². The van der Waals surface area contributed by atoms with Gasteiger partial charge in [0.05, 0.1) is 35.2 Å². The molecular formula is C17H22ClN5O2. The molecule has 2 saturated heterocycles. The van der Waals surface area contributed by atoms with E-state index in [0.29, 0.717) is 40.8 Å². The van der Waals surface area contributed by atoms with E-state index in [-0.39, 0.29) is 5.56 Å². The summed E-state index contributed by atoms with van der Waals surface area (Å²) < 4.78 is 6.97. The SMILES string of the molecule is NCCc1nc2cccc(Cl)c2c(=O)n1N1CCN(C2COC2)CC1. The highest BCUT2D eigenvalue weighted by molar-refractivity contribution is 6.35. The number of halogens is 1. The molecule has 7 nitrogen and oxygen atoms in total. The molecule has 1 aromatic heterocycles. The summed E-state index contributed by atoms with van der Waals surface area (Å²) in [5, 5.41) is 2.98. The summed E-state index contributed by atoms with van der Waals surface area (Å²) in [7, 11) is 0. The van der Waals surface area contributed by atoms with E-state index in [9.17, 15) is 4.79 Å². The fraction of sp³-hybridized carbons (Fsp3) is 0.529. The van der Waals surface area contributed by atoms with Crippen molar-refractivity contribution in [2.24, 2.45) is 5.73 Å². The molecule has 4 rings (SSSR count). The molecule has 0 unspecified atom stereocenters. The molecule has 0 atom stereocenters. The van der Waals surface area contributed by atoms with Crippen LogP contribution in [-0.4, -0.2) is 66.5 Å². The number of nitrogens with two attached hydrogens (primary N) is 1. The third-order valence-corrected chi connectivity index (χ3v) is 5.29. The average molecular weight is 364 g/mol. The highest BCUT2D eigenvalue weighted by Gasteiger charge is 2.30. The molecule has 0 amide bonds. The predicted molar refractivity (Wildman–Crippen MR) is 97.9 cm³/mol. The van der Waals surface area contributed by atoms with Gasteiger partial charge in [0, 0.05) is 32.6 Å². The van der Waals surface area contributed by atoms with Gasteiger partial charge in [-0.1, -0.05) is 17.7 Å². The van der Waals surface area contributed by atoms with Crippen LogP contribution in [0.3, 0.4) is 0 Å². The Balaban J connectivity index is 1.70. The Morgan fingerprint density at radius 2 is 2.00 bits per heavy atom. The van der Waals surface area contributed by atoms with E-state index in [4.69, 9.17) is 22.1 Å². The van der Waals surface area contributed by atoms with Crippen LogP contribution in [0.1, 0.15) is 5.82 Å². The van der Waals surface area contributed by atoms with Gasteiger partial charge in [0.1, 0.15) is 5.82 Å². The van der Waals surface area contributed by atoms with Gasteiger partial charge in [0.15, 0.2) is 0 Å². The third kappa shape index (κ3) is 3.01. The molecule has 2 aliphatic heterocycles. The standard InChI is InChI=1S/C17H22ClN5O2/c18-13-2-1-3-14-16(13)17(24)23(15(20-14)4-5-19)22-8-6-21(7-9-22)12-10-25-11-12/h1-3,12H,4-11,19H2. The molecule has 25 heavy (non-hydrogen) atoms. The monoisotopic (exact) mass is 363 g/mol. The molecular weight excluding hydrogens is 342 g/mol. The van der Waals surface area contributed by atoms with Crippen molar-refractivity contribution in [2.75, 3.05) is 50.9 Å². The normalized spacial score (nSPS) is 19.4. The van der Waals surface area contributed by atoms with Crippen molar-refractivity contribution in [2.45, 2.75) is 12.5 Å². The second kappa shape index (κ2) is 6.92. The summed E-state index contributed by atoms with van der Waals surface area (Å²) in [5.74, 6) is 0.697. The fourth-order valence-corrected chi connectivity index (χ4v) is 3.77. The van der Waals surface area contributed by atoms with Crippen molar-refractivity contribution >= 4 is 22.5 Å². The quantitative estimate of drug-likeness (QED) is 0.836. The Morgan fingerprint density at radius 3 is 2.64 bits per heavy atom. The molecule has 3 heterocycles. The molecule has 0 bridgehead atoms. The van der Waals surface area contributed by atoms with Crippen molar-refractivity contribution in [1.29, 1.82) is 0 Å². The summed E-state index contributed by atoms with van der Waals surface area (Å²) in [5.41, 5.74) is 6.26. The summed E-state index contributed by atoms with van der Waals surface area (Å²) >= 11 is 6.28. The van der Waals surface area contributed by atoms with Crippen molar-refractivity contribution in [3.8, 4) is 0 Å². The maximum absolute atomic E-state index is 13.1. The minimum atomic E-state index is -0.112. The predicted octanol–water partition coefficient (Wildman–Crippen LogP) is 0.203. The second-order valence-corrected chi connectivity index (χ2v) is 6.91. The van der Waals surface area contributed by atoms with E-state index in [2.05, 4.69) is 14.9 Å². The zero-order valence-electron chi connectivity index (χ0n) is 14.0. The summed E-state index contributed by atoms with van der Waals surface area (Å²) in [6.07, 6.45) is 0.550. The minimum Gasteiger partial charge on any atom is -0.378 e. The van der Waals surface area contributed by atoms with Crippen LogP contribution in [0.2, 0.25) is 5.02 Å². The van der Waals surface area contributed by atoms with Crippen LogP contribution in [0, 0.1) is 0 Å². The van der Waals surface area contributed by atoms with Crippen molar-refractivity contribution < 1.29 is 4.74 Å². The molecule has 1 aromatic carbocycles. The molecule has 2 aromatic rings. The van der Waals surface area contributed by atoms with Gasteiger partial charge < -0.3 is 15.5 Å². The highest BCUT2D eigenvalue weighted by Crippen LogP contribution is 2.20. The second-order valence-electron chi connectivity index (χ2n) is 6.50. The Morgan fingerprint density at radius 1 is 1.24 bits per heavy atom. The minimum absolute atomic E-state index is 0.112. The zero-order valence-corrected chi connectivity index (χ0v) is 14.8. The lowest BCUT2D eigenvalue weighted by Crippen LogP contribution is -2.60. The van der Waals surface area contributed by atoms with Crippen LogP contribution in [0.4, 0.5) is 0 Å². The van der Waals surface area contributed by atoms with Crippen molar-refractivity contribution in [3.63, 3.8) is 0 Å². The lowest BCUT2D eigenvalue weighted by Gasteiger charge is -2.43. The third-order valence-electron chi connectivity index (χ3n) is 4.97.